The molecule has 1 amide bonds. The minimum atomic E-state index is -1.65. The number of hydrazine groups is 1. The van der Waals surface area contributed by atoms with E-state index in [4.69, 9.17) is 29.8 Å². The Morgan fingerprint density at radius 2 is 1.67 bits per heavy atom. The Hall–Kier alpha value is -6.04. The first-order valence-electron chi connectivity index (χ1n) is 15.5. The molecule has 1 heterocycles. The molecule has 0 fully saturated rings. The first-order valence-corrected chi connectivity index (χ1v) is 15.5. The lowest BCUT2D eigenvalue weighted by Gasteiger charge is -2.32. The van der Waals surface area contributed by atoms with Crippen molar-refractivity contribution >= 4 is 17.5 Å². The van der Waals surface area contributed by atoms with Crippen LogP contribution in [0.4, 0.5) is 5.69 Å². The zero-order valence-corrected chi connectivity index (χ0v) is 26.8. The van der Waals surface area contributed by atoms with Crippen molar-refractivity contribution in [2.45, 2.75) is 37.6 Å². The Morgan fingerprint density at radius 3 is 2.41 bits per heavy atom. The highest BCUT2D eigenvalue weighted by Crippen LogP contribution is 2.44. The van der Waals surface area contributed by atoms with Gasteiger partial charge in [-0.15, -0.1) is 0 Å². The summed E-state index contributed by atoms with van der Waals surface area (Å²) >= 11 is 0. The fourth-order valence-electron chi connectivity index (χ4n) is 5.57. The molecule has 1 aliphatic heterocycles. The molecule has 0 unspecified atom stereocenters. The van der Waals surface area contributed by atoms with Gasteiger partial charge in [-0.2, -0.15) is 0 Å². The summed E-state index contributed by atoms with van der Waals surface area (Å²) in [6, 6.07) is 28.7. The lowest BCUT2D eigenvalue weighted by molar-refractivity contribution is -0.130. The number of benzene rings is 4. The molecule has 0 aromatic heterocycles. The highest BCUT2D eigenvalue weighted by atomic mass is 16.5. The van der Waals surface area contributed by atoms with Crippen molar-refractivity contribution in [3.8, 4) is 11.5 Å². The van der Waals surface area contributed by atoms with Crippen LogP contribution in [0, 0.1) is 0 Å². The molecule has 3 N–H and O–H groups in total. The van der Waals surface area contributed by atoms with E-state index in [1.165, 1.54) is 0 Å². The topological polar surface area (TPSA) is 199 Å². The molecule has 1 aliphatic rings. The molecule has 14 heteroatoms. The van der Waals surface area contributed by atoms with Gasteiger partial charge in [0.15, 0.2) is 11.6 Å². The predicted octanol–water partition coefficient (Wildman–Crippen LogP) is 6.53. The van der Waals surface area contributed by atoms with E-state index >= 15 is 0 Å². The Morgan fingerprint density at radius 1 is 0.959 bits per heavy atom. The van der Waals surface area contributed by atoms with Crippen molar-refractivity contribution in [3.05, 3.63) is 146 Å². The number of ether oxygens (including phenoxy) is 3. The van der Waals surface area contributed by atoms with Crippen molar-refractivity contribution in [1.82, 2.24) is 10.9 Å². The number of nitrogens with one attached hydrogen (secondary N) is 2. The van der Waals surface area contributed by atoms with Gasteiger partial charge < -0.3 is 19.3 Å². The number of aliphatic hydroxyl groups excluding tert-OH is 1. The summed E-state index contributed by atoms with van der Waals surface area (Å²) in [7, 11) is 1.58. The van der Waals surface area contributed by atoms with E-state index in [9.17, 15) is 10.3 Å². The van der Waals surface area contributed by atoms with Gasteiger partial charge in [-0.05, 0) is 58.1 Å². The van der Waals surface area contributed by atoms with E-state index in [1.54, 1.807) is 61.7 Å². The molecule has 0 aliphatic carbocycles. The van der Waals surface area contributed by atoms with Gasteiger partial charge in [-0.1, -0.05) is 77.0 Å². The molecule has 0 radical (unpaired) electrons. The van der Waals surface area contributed by atoms with E-state index in [0.717, 1.165) is 5.56 Å². The van der Waals surface area contributed by atoms with Gasteiger partial charge in [-0.25, -0.2) is 10.4 Å². The molecule has 0 spiro atoms. The van der Waals surface area contributed by atoms with Gasteiger partial charge in [-0.3, -0.25) is 10.2 Å². The van der Waals surface area contributed by atoms with Crippen LogP contribution in [-0.4, -0.2) is 42.8 Å². The van der Waals surface area contributed by atoms with Crippen molar-refractivity contribution in [1.29, 1.82) is 0 Å². The number of aliphatic imine (C=N–C) groups is 1. The van der Waals surface area contributed by atoms with Gasteiger partial charge in [0.25, 0.3) is 5.91 Å². The van der Waals surface area contributed by atoms with Gasteiger partial charge >= 0.3 is 0 Å². The van der Waals surface area contributed by atoms with Crippen LogP contribution < -0.4 is 20.3 Å². The van der Waals surface area contributed by atoms with E-state index in [2.05, 4.69) is 30.9 Å². The number of hydrogen-bond donors (Lipinski definition) is 3. The van der Waals surface area contributed by atoms with Gasteiger partial charge in [0.1, 0.15) is 11.5 Å². The molecule has 5 rings (SSSR count). The zero-order valence-electron chi connectivity index (χ0n) is 26.8. The number of amides is 1. The second-order valence-electron chi connectivity index (χ2n) is 11.0. The highest BCUT2D eigenvalue weighted by Gasteiger charge is 2.54. The Bertz CT molecular complexity index is 1890. The minimum absolute atomic E-state index is 0.0147. The van der Waals surface area contributed by atoms with Crippen LogP contribution in [0.15, 0.2) is 112 Å². The number of nitrogens with zero attached hydrogens (tertiary/aromatic N) is 7. The van der Waals surface area contributed by atoms with Crippen LogP contribution in [0.2, 0.25) is 0 Å². The SMILES string of the molecule is COc1ccccc1CNNC(=O)[C@@]1(Cc2ccccc2N=[N+]=[N-])N=C(c2ccc(OCCCO)cc2)O[C@H]1c1ccccc1CN=[N+]=[N-]. The molecule has 0 saturated carbocycles. The zero-order chi connectivity index (χ0) is 34.5. The van der Waals surface area contributed by atoms with Gasteiger partial charge in [0.05, 0.1) is 20.3 Å². The summed E-state index contributed by atoms with van der Waals surface area (Å²) in [4.78, 5) is 25.6. The van der Waals surface area contributed by atoms with Crippen LogP contribution in [0.25, 0.3) is 20.9 Å². The van der Waals surface area contributed by atoms with Crippen LogP contribution >= 0.6 is 0 Å². The summed E-state index contributed by atoms with van der Waals surface area (Å²) in [6.07, 6.45) is -0.522. The molecule has 2 atom stereocenters. The predicted molar refractivity (Wildman–Crippen MR) is 183 cm³/mol. The van der Waals surface area contributed by atoms with E-state index in [1.807, 2.05) is 42.5 Å². The summed E-state index contributed by atoms with van der Waals surface area (Å²) in [6.45, 7) is 0.633. The summed E-state index contributed by atoms with van der Waals surface area (Å²) in [5.74, 6) is 0.938. The largest absolute Gasteiger partial charge is 0.496 e. The lowest BCUT2D eigenvalue weighted by atomic mass is 9.80. The van der Waals surface area contributed by atoms with Crippen LogP contribution in [0.1, 0.15) is 40.3 Å². The highest BCUT2D eigenvalue weighted by molar-refractivity contribution is 6.01. The normalized spacial score (nSPS) is 16.4. The van der Waals surface area contributed by atoms with Gasteiger partial charge in [0.2, 0.25) is 5.90 Å². The molecular weight excluding hydrogens is 626 g/mol. The maximum Gasteiger partial charge on any atom is 0.266 e. The number of aliphatic hydroxyl groups is 1. The van der Waals surface area contributed by atoms with Crippen molar-refractivity contribution in [3.63, 3.8) is 0 Å². The average Bonchev–Trinajstić information content (AvgIpc) is 3.52. The second-order valence-corrected chi connectivity index (χ2v) is 11.0. The number of rotatable bonds is 16. The molecule has 0 saturated heterocycles. The standard InChI is InChI=1S/C35H35N9O5/c1-47-31-14-7-4-11-27(31)23-38-42-34(46)35(21-25-9-3-6-13-30(25)41-44-37)32(29-12-5-2-10-26(29)22-39-43-36)49-33(40-35)24-15-17-28(18-16-24)48-20-8-19-45/h2-7,9-18,32,38,45H,8,19-23H2,1H3,(H,42,46)/t32-,35-/m0/s1. The monoisotopic (exact) mass is 661 g/mol. The Balaban J connectivity index is 1.61. The van der Waals surface area contributed by atoms with Crippen molar-refractivity contribution in [2.75, 3.05) is 20.3 Å². The Kier molecular flexibility index (Phi) is 11.7. The Labute approximate surface area is 282 Å². The average molecular weight is 662 g/mol. The molecule has 4 aromatic rings. The van der Waals surface area contributed by atoms with Crippen molar-refractivity contribution in [2.24, 2.45) is 15.2 Å². The van der Waals surface area contributed by atoms with Crippen LogP contribution in [0.5, 0.6) is 11.5 Å². The first kappa shape index (κ1) is 34.3. The van der Waals surface area contributed by atoms with E-state index in [0.29, 0.717) is 52.5 Å². The number of methoxy groups -OCH3 is 1. The lowest BCUT2D eigenvalue weighted by Crippen LogP contribution is -2.53. The molecular formula is C35H35N9O5. The number of azide groups is 2. The van der Waals surface area contributed by atoms with E-state index in [-0.39, 0.29) is 32.0 Å². The maximum atomic E-state index is 14.7. The third-order valence-corrected chi connectivity index (χ3v) is 7.95. The first-order chi connectivity index (χ1) is 24.0. The summed E-state index contributed by atoms with van der Waals surface area (Å²) < 4.78 is 17.8. The molecule has 49 heavy (non-hydrogen) atoms. The van der Waals surface area contributed by atoms with Crippen LogP contribution in [0.3, 0.4) is 0 Å². The van der Waals surface area contributed by atoms with Crippen LogP contribution in [-0.2, 0) is 29.0 Å². The smallest absolute Gasteiger partial charge is 0.266 e. The second kappa shape index (κ2) is 16.7. The number of para-hydroxylation sites is 1. The molecule has 4 aromatic carbocycles. The molecule has 0 bridgehead atoms. The fraction of sp³-hybridized carbons (Fsp3) is 0.257. The van der Waals surface area contributed by atoms with Gasteiger partial charge in [0, 0.05) is 52.6 Å². The van der Waals surface area contributed by atoms with Crippen molar-refractivity contribution < 1.29 is 24.1 Å². The third-order valence-electron chi connectivity index (χ3n) is 7.95. The third kappa shape index (κ3) is 8.10. The van der Waals surface area contributed by atoms with E-state index < -0.39 is 17.6 Å². The minimum Gasteiger partial charge on any atom is -0.496 e. The number of carbonyl (C=O) groups excluding carboxylic acids is 1. The number of carbonyl (C=O) groups is 1. The fourth-order valence-corrected chi connectivity index (χ4v) is 5.57. The molecule has 250 valence electrons. The summed E-state index contributed by atoms with van der Waals surface area (Å²) in [5, 5.41) is 16.8. The number of hydrogen-bond acceptors (Lipinski definition) is 9. The quantitative estimate of drug-likeness (QED) is 0.0401. The summed E-state index contributed by atoms with van der Waals surface area (Å²) in [5.41, 5.74) is 26.2. The molecule has 14 nitrogen and oxygen atoms in total. The maximum absolute atomic E-state index is 14.7.